The molecule has 0 amide bonds. The Morgan fingerprint density at radius 1 is 1.17 bits per heavy atom. The van der Waals surface area contributed by atoms with Crippen molar-refractivity contribution >= 4 is 18.1 Å². The molecule has 0 aromatic heterocycles. The molecule has 4 nitrogen and oxygen atoms in total. The minimum absolute atomic E-state index is 0. The summed E-state index contributed by atoms with van der Waals surface area (Å²) in [7, 11) is 2.01. The molecule has 0 bridgehead atoms. The van der Waals surface area contributed by atoms with Crippen molar-refractivity contribution in [1.29, 1.82) is 0 Å². The lowest BCUT2D eigenvalue weighted by Crippen LogP contribution is -2.29. The maximum atomic E-state index is 10.6. The topological polar surface area (TPSA) is 55.2 Å². The van der Waals surface area contributed by atoms with Crippen molar-refractivity contribution in [1.82, 2.24) is 5.32 Å². The highest BCUT2D eigenvalue weighted by atomic mass is 35.5. The minimum atomic E-state index is -0.346. The van der Waals surface area contributed by atoms with Crippen LogP contribution in [0.2, 0.25) is 0 Å². The molecule has 1 aromatic rings. The van der Waals surface area contributed by atoms with Crippen LogP contribution in [0.15, 0.2) is 24.3 Å². The SMILES string of the molecule is CNC1CCC(c2ccc([N+](=O)[O-])cc2)CC1.Cl. The first-order valence-corrected chi connectivity index (χ1v) is 6.12. The molecule has 2 rings (SSSR count). The second kappa shape index (κ2) is 6.71. The van der Waals surface area contributed by atoms with Gasteiger partial charge in [0.2, 0.25) is 0 Å². The van der Waals surface area contributed by atoms with Crippen molar-refractivity contribution in [3.63, 3.8) is 0 Å². The Labute approximate surface area is 113 Å². The highest BCUT2D eigenvalue weighted by Gasteiger charge is 2.21. The first-order valence-electron chi connectivity index (χ1n) is 6.12. The molecule has 0 saturated heterocycles. The van der Waals surface area contributed by atoms with Crippen LogP contribution in [0.5, 0.6) is 0 Å². The molecular weight excluding hydrogens is 252 g/mol. The number of nitrogens with one attached hydrogen (secondary N) is 1. The Balaban J connectivity index is 0.00000162. The van der Waals surface area contributed by atoms with Crippen molar-refractivity contribution in [3.8, 4) is 0 Å². The van der Waals surface area contributed by atoms with Gasteiger partial charge in [-0.2, -0.15) is 0 Å². The lowest BCUT2D eigenvalue weighted by atomic mass is 9.82. The molecule has 1 N–H and O–H groups in total. The summed E-state index contributed by atoms with van der Waals surface area (Å²) >= 11 is 0. The van der Waals surface area contributed by atoms with Gasteiger partial charge in [0.05, 0.1) is 4.92 Å². The van der Waals surface area contributed by atoms with Crippen LogP contribution in [0, 0.1) is 10.1 Å². The second-order valence-electron chi connectivity index (χ2n) is 4.69. The first kappa shape index (κ1) is 14.9. The van der Waals surface area contributed by atoms with Crippen molar-refractivity contribution in [2.24, 2.45) is 0 Å². The van der Waals surface area contributed by atoms with Gasteiger partial charge in [0, 0.05) is 18.2 Å². The summed E-state index contributed by atoms with van der Waals surface area (Å²) in [4.78, 5) is 10.2. The van der Waals surface area contributed by atoms with Crippen LogP contribution in [0.3, 0.4) is 0 Å². The van der Waals surface area contributed by atoms with E-state index < -0.39 is 0 Å². The summed E-state index contributed by atoms with van der Waals surface area (Å²) < 4.78 is 0. The molecule has 1 fully saturated rings. The summed E-state index contributed by atoms with van der Waals surface area (Å²) in [5.41, 5.74) is 1.42. The zero-order chi connectivity index (χ0) is 12.3. The zero-order valence-corrected chi connectivity index (χ0v) is 11.3. The van der Waals surface area contributed by atoms with Crippen LogP contribution in [0.1, 0.15) is 37.2 Å². The van der Waals surface area contributed by atoms with Gasteiger partial charge in [0.15, 0.2) is 0 Å². The Hall–Kier alpha value is -1.13. The molecule has 0 unspecified atom stereocenters. The molecule has 100 valence electrons. The number of hydrogen-bond donors (Lipinski definition) is 1. The number of benzene rings is 1. The number of nitro benzene ring substituents is 1. The molecule has 5 heteroatoms. The predicted octanol–water partition coefficient (Wildman–Crippen LogP) is 3.26. The molecular formula is C13H19ClN2O2. The Morgan fingerprint density at radius 2 is 1.72 bits per heavy atom. The van der Waals surface area contributed by atoms with E-state index in [9.17, 15) is 10.1 Å². The first-order chi connectivity index (χ1) is 8.20. The Kier molecular flexibility index (Phi) is 5.56. The number of halogens is 1. The molecule has 0 radical (unpaired) electrons. The fourth-order valence-corrected chi connectivity index (χ4v) is 2.58. The smallest absolute Gasteiger partial charge is 0.269 e. The van der Waals surface area contributed by atoms with Crippen LogP contribution in [0.4, 0.5) is 5.69 Å². The van der Waals surface area contributed by atoms with Crippen LogP contribution in [0.25, 0.3) is 0 Å². The van der Waals surface area contributed by atoms with Crippen LogP contribution >= 0.6 is 12.4 Å². The maximum Gasteiger partial charge on any atom is 0.269 e. The molecule has 18 heavy (non-hydrogen) atoms. The molecule has 0 spiro atoms. The van der Waals surface area contributed by atoms with E-state index in [4.69, 9.17) is 0 Å². The molecule has 1 aliphatic carbocycles. The Morgan fingerprint density at radius 3 is 2.17 bits per heavy atom. The van der Waals surface area contributed by atoms with Gasteiger partial charge in [-0.05, 0) is 44.2 Å². The van der Waals surface area contributed by atoms with E-state index in [0.717, 1.165) is 0 Å². The maximum absolute atomic E-state index is 10.6. The summed E-state index contributed by atoms with van der Waals surface area (Å²) in [6.07, 6.45) is 4.73. The van der Waals surface area contributed by atoms with Crippen LogP contribution < -0.4 is 5.32 Å². The van der Waals surface area contributed by atoms with Gasteiger partial charge < -0.3 is 5.32 Å². The van der Waals surface area contributed by atoms with E-state index in [1.54, 1.807) is 12.1 Å². The van der Waals surface area contributed by atoms with E-state index in [0.29, 0.717) is 12.0 Å². The molecule has 0 heterocycles. The molecule has 0 aliphatic heterocycles. The highest BCUT2D eigenvalue weighted by Crippen LogP contribution is 2.33. The number of rotatable bonds is 3. The number of hydrogen-bond acceptors (Lipinski definition) is 3. The number of nitrogens with zero attached hydrogens (tertiary/aromatic N) is 1. The summed E-state index contributed by atoms with van der Waals surface area (Å²) in [5.74, 6) is 0.570. The second-order valence-corrected chi connectivity index (χ2v) is 4.69. The van der Waals surface area contributed by atoms with E-state index >= 15 is 0 Å². The van der Waals surface area contributed by atoms with Gasteiger partial charge in [-0.1, -0.05) is 12.1 Å². The largest absolute Gasteiger partial charge is 0.317 e. The van der Waals surface area contributed by atoms with Crippen LogP contribution in [-0.2, 0) is 0 Å². The molecule has 0 atom stereocenters. The van der Waals surface area contributed by atoms with E-state index in [2.05, 4.69) is 5.32 Å². The van der Waals surface area contributed by atoms with Crippen molar-refractivity contribution < 1.29 is 4.92 Å². The van der Waals surface area contributed by atoms with E-state index in [1.807, 2.05) is 19.2 Å². The third-order valence-electron chi connectivity index (χ3n) is 3.71. The lowest BCUT2D eigenvalue weighted by molar-refractivity contribution is -0.384. The monoisotopic (exact) mass is 270 g/mol. The molecule has 1 saturated carbocycles. The van der Waals surface area contributed by atoms with Gasteiger partial charge in [-0.3, -0.25) is 10.1 Å². The van der Waals surface area contributed by atoms with E-state index in [-0.39, 0.29) is 23.0 Å². The van der Waals surface area contributed by atoms with Gasteiger partial charge in [-0.25, -0.2) is 0 Å². The summed E-state index contributed by atoms with van der Waals surface area (Å²) in [6, 6.07) is 7.67. The minimum Gasteiger partial charge on any atom is -0.317 e. The van der Waals surface area contributed by atoms with Crippen LogP contribution in [-0.4, -0.2) is 18.0 Å². The van der Waals surface area contributed by atoms with Crippen molar-refractivity contribution in [3.05, 3.63) is 39.9 Å². The fraction of sp³-hybridized carbons (Fsp3) is 0.538. The van der Waals surface area contributed by atoms with Gasteiger partial charge in [-0.15, -0.1) is 12.4 Å². The summed E-state index contributed by atoms with van der Waals surface area (Å²) in [5, 5.41) is 13.9. The zero-order valence-electron chi connectivity index (χ0n) is 10.5. The fourth-order valence-electron chi connectivity index (χ4n) is 2.58. The predicted molar refractivity (Wildman–Crippen MR) is 74.4 cm³/mol. The van der Waals surface area contributed by atoms with Gasteiger partial charge in [0.25, 0.3) is 5.69 Å². The molecule has 1 aromatic carbocycles. The van der Waals surface area contributed by atoms with Gasteiger partial charge in [0.1, 0.15) is 0 Å². The quantitative estimate of drug-likeness (QED) is 0.677. The molecule has 1 aliphatic rings. The average molecular weight is 271 g/mol. The number of nitro groups is 1. The van der Waals surface area contributed by atoms with Crippen molar-refractivity contribution in [2.45, 2.75) is 37.6 Å². The van der Waals surface area contributed by atoms with E-state index in [1.165, 1.54) is 31.2 Å². The lowest BCUT2D eigenvalue weighted by Gasteiger charge is -2.28. The van der Waals surface area contributed by atoms with Gasteiger partial charge >= 0.3 is 0 Å². The summed E-state index contributed by atoms with van der Waals surface area (Å²) in [6.45, 7) is 0. The highest BCUT2D eigenvalue weighted by molar-refractivity contribution is 5.85. The Bertz CT molecular complexity index is 386. The third-order valence-corrected chi connectivity index (χ3v) is 3.71. The standard InChI is InChI=1S/C13H18N2O2.ClH/c1-14-12-6-2-10(3-7-12)11-4-8-13(9-5-11)15(16)17;/h4-5,8-10,12,14H,2-3,6-7H2,1H3;1H. The normalized spacial score (nSPS) is 23.2. The average Bonchev–Trinajstić information content (AvgIpc) is 2.39. The third kappa shape index (κ3) is 3.43. The van der Waals surface area contributed by atoms with Crippen molar-refractivity contribution in [2.75, 3.05) is 7.05 Å². The number of non-ortho nitro benzene ring substituents is 1.